The molecular weight excluding hydrogens is 300 g/mol. The Balaban J connectivity index is 2.05. The summed E-state index contributed by atoms with van der Waals surface area (Å²) in [6.45, 7) is 5.18. The van der Waals surface area contributed by atoms with E-state index < -0.39 is 0 Å². The molecule has 0 saturated heterocycles. The molecule has 0 fully saturated rings. The van der Waals surface area contributed by atoms with Gasteiger partial charge in [0.15, 0.2) is 0 Å². The lowest BCUT2D eigenvalue weighted by molar-refractivity contribution is 0.556. The highest BCUT2D eigenvalue weighted by molar-refractivity contribution is 9.10. The second kappa shape index (κ2) is 5.10. The fourth-order valence-electron chi connectivity index (χ4n) is 1.50. The molecule has 0 aliphatic heterocycles. The predicted molar refractivity (Wildman–Crippen MR) is 73.4 cm³/mol. The third kappa shape index (κ3) is 3.23. The molecule has 2 aromatic rings. The number of hydrogen-bond donors (Lipinski definition) is 1. The molecular formula is C11H13BrN4S. The first kappa shape index (κ1) is 12.4. The molecule has 0 amide bonds. The van der Waals surface area contributed by atoms with Crippen LogP contribution >= 0.6 is 27.5 Å². The molecule has 90 valence electrons. The lowest BCUT2D eigenvalue weighted by Crippen LogP contribution is -2.27. The molecule has 0 aliphatic rings. The maximum atomic E-state index is 3.87. The molecule has 1 N–H and O–H groups in total. The highest BCUT2D eigenvalue weighted by Crippen LogP contribution is 2.25. The number of nitrogens with one attached hydrogen (secondary N) is 1. The van der Waals surface area contributed by atoms with Crippen LogP contribution in [0.1, 0.15) is 19.4 Å². The first-order valence-electron chi connectivity index (χ1n) is 5.23. The van der Waals surface area contributed by atoms with Crippen LogP contribution in [0, 0.1) is 0 Å². The molecule has 6 heteroatoms. The first-order chi connectivity index (χ1) is 8.08. The monoisotopic (exact) mass is 312 g/mol. The van der Waals surface area contributed by atoms with E-state index in [0.29, 0.717) is 0 Å². The van der Waals surface area contributed by atoms with Gasteiger partial charge in [-0.05, 0) is 22.9 Å². The van der Waals surface area contributed by atoms with E-state index in [2.05, 4.69) is 74.2 Å². The van der Waals surface area contributed by atoms with Crippen LogP contribution in [-0.4, -0.2) is 21.3 Å². The molecule has 17 heavy (non-hydrogen) atoms. The number of halogens is 1. The summed E-state index contributed by atoms with van der Waals surface area (Å²) in [5.74, 6) is 0. The van der Waals surface area contributed by atoms with Gasteiger partial charge in [0.05, 0.1) is 0 Å². The van der Waals surface area contributed by atoms with E-state index in [1.165, 1.54) is 17.1 Å². The molecule has 0 unspecified atom stereocenters. The minimum atomic E-state index is 0.0341. The Morgan fingerprint density at radius 2 is 2.00 bits per heavy atom. The summed E-state index contributed by atoms with van der Waals surface area (Å²) < 4.78 is 4.81. The van der Waals surface area contributed by atoms with E-state index in [9.17, 15) is 0 Å². The smallest absolute Gasteiger partial charge is 0.225 e. The van der Waals surface area contributed by atoms with Crippen molar-refractivity contribution in [1.29, 1.82) is 0 Å². The van der Waals surface area contributed by atoms with Crippen LogP contribution in [0.15, 0.2) is 28.7 Å². The van der Waals surface area contributed by atoms with E-state index in [4.69, 9.17) is 0 Å². The van der Waals surface area contributed by atoms with Crippen molar-refractivity contribution >= 4 is 32.6 Å². The Morgan fingerprint density at radius 1 is 1.29 bits per heavy atom. The van der Waals surface area contributed by atoms with E-state index in [0.717, 1.165) is 16.1 Å². The largest absolute Gasteiger partial charge is 0.358 e. The average molecular weight is 313 g/mol. The first-order valence-corrected chi connectivity index (χ1v) is 6.79. The van der Waals surface area contributed by atoms with Crippen LogP contribution in [0.2, 0.25) is 0 Å². The Hall–Kier alpha value is -1.01. The van der Waals surface area contributed by atoms with Gasteiger partial charge in [-0.1, -0.05) is 51.5 Å². The van der Waals surface area contributed by atoms with Crippen molar-refractivity contribution in [3.8, 4) is 0 Å². The van der Waals surface area contributed by atoms with E-state index in [1.807, 2.05) is 0 Å². The number of benzene rings is 1. The van der Waals surface area contributed by atoms with Crippen LogP contribution in [0.5, 0.6) is 0 Å². The summed E-state index contributed by atoms with van der Waals surface area (Å²) in [4.78, 5) is 0. The molecule has 0 radical (unpaired) electrons. The Labute approximate surface area is 113 Å². The zero-order valence-electron chi connectivity index (χ0n) is 9.64. The highest BCUT2D eigenvalue weighted by Gasteiger charge is 2.20. The average Bonchev–Trinajstić information content (AvgIpc) is 2.80. The van der Waals surface area contributed by atoms with Crippen molar-refractivity contribution in [2.75, 3.05) is 11.9 Å². The zero-order chi connectivity index (χ0) is 12.3. The zero-order valence-corrected chi connectivity index (χ0v) is 12.0. The summed E-state index contributed by atoms with van der Waals surface area (Å²) in [5, 5.41) is 11.4. The van der Waals surface area contributed by atoms with Gasteiger partial charge < -0.3 is 5.32 Å². The number of nitrogens with zero attached hydrogens (tertiary/aromatic N) is 3. The number of hydrogen-bond acceptors (Lipinski definition) is 5. The minimum absolute atomic E-state index is 0.0341. The summed E-state index contributed by atoms with van der Waals surface area (Å²) in [6, 6.07) is 8.38. The summed E-state index contributed by atoms with van der Waals surface area (Å²) in [5.41, 5.74) is 1.32. The van der Waals surface area contributed by atoms with Crippen molar-refractivity contribution in [3.05, 3.63) is 34.3 Å². The Kier molecular flexibility index (Phi) is 3.73. The number of anilines is 1. The summed E-state index contributed by atoms with van der Waals surface area (Å²) >= 11 is 4.71. The fourth-order valence-corrected chi connectivity index (χ4v) is 2.13. The number of rotatable bonds is 4. The van der Waals surface area contributed by atoms with Crippen LogP contribution in [-0.2, 0) is 5.41 Å². The van der Waals surface area contributed by atoms with E-state index in [-0.39, 0.29) is 5.41 Å². The van der Waals surface area contributed by atoms with Gasteiger partial charge >= 0.3 is 0 Å². The van der Waals surface area contributed by atoms with Crippen LogP contribution in [0.25, 0.3) is 0 Å². The maximum absolute atomic E-state index is 3.87. The van der Waals surface area contributed by atoms with Gasteiger partial charge in [0.2, 0.25) is 5.13 Å². The van der Waals surface area contributed by atoms with Crippen LogP contribution in [0.3, 0.4) is 0 Å². The maximum Gasteiger partial charge on any atom is 0.225 e. The van der Waals surface area contributed by atoms with Gasteiger partial charge in [-0.25, -0.2) is 0 Å². The molecule has 1 aromatic heterocycles. The van der Waals surface area contributed by atoms with Gasteiger partial charge in [-0.15, -0.1) is 0 Å². The molecule has 4 nitrogen and oxygen atoms in total. The van der Waals surface area contributed by atoms with Crippen LogP contribution < -0.4 is 5.32 Å². The molecule has 2 rings (SSSR count). The predicted octanol–water partition coefficient (Wildman–Crippen LogP) is 3.09. The van der Waals surface area contributed by atoms with Gasteiger partial charge in [0.1, 0.15) is 0 Å². The second-order valence-corrected chi connectivity index (χ2v) is 6.06. The molecule has 1 aromatic carbocycles. The molecule has 0 spiro atoms. The molecule has 1 heterocycles. The van der Waals surface area contributed by atoms with E-state index in [1.54, 1.807) is 0 Å². The van der Waals surface area contributed by atoms with Gasteiger partial charge in [0, 0.05) is 28.0 Å². The van der Waals surface area contributed by atoms with Gasteiger partial charge in [0.25, 0.3) is 0 Å². The molecule has 0 aliphatic carbocycles. The standard InChI is InChI=1S/C11H13BrN4S/c1-11(2,7-13-10-14-15-16-17-10)8-3-5-9(12)6-4-8/h3-6H,7H2,1-2H3,(H,13,14,16). The van der Waals surface area contributed by atoms with Crippen molar-refractivity contribution in [2.24, 2.45) is 0 Å². The summed E-state index contributed by atoms with van der Waals surface area (Å²) in [7, 11) is 0. The van der Waals surface area contributed by atoms with Crippen molar-refractivity contribution in [3.63, 3.8) is 0 Å². The lowest BCUT2D eigenvalue weighted by Gasteiger charge is -2.25. The van der Waals surface area contributed by atoms with E-state index >= 15 is 0 Å². The normalized spacial score (nSPS) is 11.5. The molecule has 0 bridgehead atoms. The summed E-state index contributed by atoms with van der Waals surface area (Å²) in [6.07, 6.45) is 0. The fraction of sp³-hybridized carbons (Fsp3) is 0.364. The van der Waals surface area contributed by atoms with Crippen molar-refractivity contribution < 1.29 is 0 Å². The number of aromatic nitrogens is 3. The quantitative estimate of drug-likeness (QED) is 0.942. The molecule has 0 atom stereocenters. The topological polar surface area (TPSA) is 50.7 Å². The Bertz CT molecular complexity index is 467. The molecule has 0 saturated carbocycles. The second-order valence-electron chi connectivity index (χ2n) is 4.41. The third-order valence-electron chi connectivity index (χ3n) is 2.61. The van der Waals surface area contributed by atoms with Crippen molar-refractivity contribution in [2.45, 2.75) is 19.3 Å². The lowest BCUT2D eigenvalue weighted by atomic mass is 9.85. The SMILES string of the molecule is CC(C)(CNc1nnns1)c1ccc(Br)cc1. The Morgan fingerprint density at radius 3 is 2.59 bits per heavy atom. The van der Waals surface area contributed by atoms with Crippen LogP contribution in [0.4, 0.5) is 5.13 Å². The van der Waals surface area contributed by atoms with Crippen molar-refractivity contribution in [1.82, 2.24) is 14.8 Å². The minimum Gasteiger partial charge on any atom is -0.358 e. The third-order valence-corrected chi connectivity index (χ3v) is 3.69. The highest BCUT2D eigenvalue weighted by atomic mass is 79.9. The van der Waals surface area contributed by atoms with Gasteiger partial charge in [-0.3, -0.25) is 0 Å². The van der Waals surface area contributed by atoms with Gasteiger partial charge in [-0.2, -0.15) is 0 Å².